The Bertz CT molecular complexity index is 439. The Labute approximate surface area is 92.3 Å². The summed E-state index contributed by atoms with van der Waals surface area (Å²) in [6, 6.07) is 5.92. The number of rotatable bonds is 4. The lowest BCUT2D eigenvalue weighted by Crippen LogP contribution is -2.11. The van der Waals surface area contributed by atoms with Crippen LogP contribution in [0.2, 0.25) is 0 Å². The fourth-order valence-electron chi connectivity index (χ4n) is 0.908. The first kappa shape index (κ1) is 11.8. The fourth-order valence-corrected chi connectivity index (χ4v) is 0.908. The van der Waals surface area contributed by atoms with Crippen LogP contribution in [0.1, 0.15) is 17.3 Å². The number of nitrogens with one attached hydrogen (secondary N) is 1. The van der Waals surface area contributed by atoms with Crippen LogP contribution in [0.5, 0.6) is 0 Å². The SMILES string of the molecule is C=C(C)C(=O)ONc1cccc(C(=O)O)c1. The van der Waals surface area contributed by atoms with Gasteiger partial charge in [-0.3, -0.25) is 0 Å². The number of carbonyl (C=O) groups is 2. The van der Waals surface area contributed by atoms with Crippen molar-refractivity contribution >= 4 is 17.6 Å². The van der Waals surface area contributed by atoms with Crippen LogP contribution < -0.4 is 5.48 Å². The molecule has 16 heavy (non-hydrogen) atoms. The molecule has 84 valence electrons. The molecule has 0 saturated heterocycles. The maximum Gasteiger partial charge on any atom is 0.357 e. The van der Waals surface area contributed by atoms with E-state index in [1.165, 1.54) is 19.1 Å². The molecule has 1 aromatic rings. The van der Waals surface area contributed by atoms with Crippen LogP contribution in [0.25, 0.3) is 0 Å². The maximum absolute atomic E-state index is 11.0. The van der Waals surface area contributed by atoms with Crippen molar-refractivity contribution in [2.75, 3.05) is 5.48 Å². The first-order chi connectivity index (χ1) is 7.50. The number of hydrogen-bond donors (Lipinski definition) is 2. The minimum atomic E-state index is -1.05. The molecule has 0 aliphatic heterocycles. The Kier molecular flexibility index (Phi) is 3.66. The maximum atomic E-state index is 11.0. The molecule has 2 N–H and O–H groups in total. The minimum Gasteiger partial charge on any atom is -0.478 e. The Morgan fingerprint density at radius 2 is 2.12 bits per heavy atom. The third-order valence-electron chi connectivity index (χ3n) is 1.72. The molecule has 1 aromatic carbocycles. The number of carboxylic acids is 1. The molecule has 0 saturated carbocycles. The summed E-state index contributed by atoms with van der Waals surface area (Å²) < 4.78 is 0. The van der Waals surface area contributed by atoms with Crippen molar-refractivity contribution in [3.05, 3.63) is 42.0 Å². The average molecular weight is 221 g/mol. The third-order valence-corrected chi connectivity index (χ3v) is 1.72. The van der Waals surface area contributed by atoms with E-state index >= 15 is 0 Å². The van der Waals surface area contributed by atoms with E-state index in [-0.39, 0.29) is 11.1 Å². The lowest BCUT2D eigenvalue weighted by Gasteiger charge is -2.06. The van der Waals surface area contributed by atoms with Crippen LogP contribution in [-0.2, 0) is 9.63 Å². The van der Waals surface area contributed by atoms with Crippen LogP contribution in [0.3, 0.4) is 0 Å². The highest BCUT2D eigenvalue weighted by atomic mass is 16.7. The highest BCUT2D eigenvalue weighted by Gasteiger charge is 2.05. The van der Waals surface area contributed by atoms with Gasteiger partial charge in [0.05, 0.1) is 11.3 Å². The van der Waals surface area contributed by atoms with Gasteiger partial charge in [-0.05, 0) is 25.1 Å². The normalized spacial score (nSPS) is 9.31. The number of anilines is 1. The molecule has 0 bridgehead atoms. The van der Waals surface area contributed by atoms with Gasteiger partial charge in [0.25, 0.3) is 0 Å². The molecule has 0 aromatic heterocycles. The largest absolute Gasteiger partial charge is 0.478 e. The van der Waals surface area contributed by atoms with Gasteiger partial charge in [-0.2, -0.15) is 0 Å². The summed E-state index contributed by atoms with van der Waals surface area (Å²) in [7, 11) is 0. The van der Waals surface area contributed by atoms with E-state index in [1.807, 2.05) is 0 Å². The fraction of sp³-hybridized carbons (Fsp3) is 0.0909. The first-order valence-electron chi connectivity index (χ1n) is 4.47. The second kappa shape index (κ2) is 4.97. The lowest BCUT2D eigenvalue weighted by atomic mass is 10.2. The summed E-state index contributed by atoms with van der Waals surface area (Å²) in [6.07, 6.45) is 0. The van der Waals surface area contributed by atoms with Gasteiger partial charge in [0.15, 0.2) is 0 Å². The zero-order valence-electron chi connectivity index (χ0n) is 8.69. The van der Waals surface area contributed by atoms with Crippen LogP contribution >= 0.6 is 0 Å². The summed E-state index contributed by atoms with van der Waals surface area (Å²) in [5, 5.41) is 8.73. The molecule has 5 nitrogen and oxygen atoms in total. The number of hydrogen-bond acceptors (Lipinski definition) is 4. The van der Waals surface area contributed by atoms with Crippen molar-refractivity contribution in [3.8, 4) is 0 Å². The van der Waals surface area contributed by atoms with Gasteiger partial charge in [0, 0.05) is 5.57 Å². The smallest absolute Gasteiger partial charge is 0.357 e. The molecule has 0 amide bonds. The van der Waals surface area contributed by atoms with Crippen LogP contribution in [0.15, 0.2) is 36.4 Å². The highest BCUT2D eigenvalue weighted by molar-refractivity contribution is 5.89. The minimum absolute atomic E-state index is 0.108. The Morgan fingerprint density at radius 1 is 1.44 bits per heavy atom. The number of benzene rings is 1. The van der Waals surface area contributed by atoms with E-state index in [0.29, 0.717) is 5.69 Å². The van der Waals surface area contributed by atoms with Crippen molar-refractivity contribution < 1.29 is 19.5 Å². The number of carboxylic acid groups (broad SMARTS) is 1. The second-order valence-corrected chi connectivity index (χ2v) is 3.16. The molecular formula is C11H11NO4. The molecule has 0 fully saturated rings. The summed E-state index contributed by atoms with van der Waals surface area (Å²) in [5.41, 5.74) is 3.09. The topological polar surface area (TPSA) is 75.6 Å². The highest BCUT2D eigenvalue weighted by Crippen LogP contribution is 2.10. The average Bonchev–Trinajstić information content (AvgIpc) is 2.26. The van der Waals surface area contributed by atoms with E-state index in [4.69, 9.17) is 5.11 Å². The van der Waals surface area contributed by atoms with E-state index in [2.05, 4.69) is 16.9 Å². The summed E-state index contributed by atoms with van der Waals surface area (Å²) in [4.78, 5) is 26.3. The summed E-state index contributed by atoms with van der Waals surface area (Å²) in [5.74, 6) is -1.64. The molecule has 0 aliphatic carbocycles. The van der Waals surface area contributed by atoms with Crippen LogP contribution in [-0.4, -0.2) is 17.0 Å². The van der Waals surface area contributed by atoms with Gasteiger partial charge in [-0.1, -0.05) is 12.6 Å². The third kappa shape index (κ3) is 3.13. The van der Waals surface area contributed by atoms with Crippen molar-refractivity contribution in [2.45, 2.75) is 6.92 Å². The molecule has 0 atom stereocenters. The van der Waals surface area contributed by atoms with Crippen molar-refractivity contribution in [2.24, 2.45) is 0 Å². The van der Waals surface area contributed by atoms with Crippen LogP contribution in [0, 0.1) is 0 Å². The van der Waals surface area contributed by atoms with Gasteiger partial charge >= 0.3 is 11.9 Å². The predicted octanol–water partition coefficient (Wildman–Crippen LogP) is 1.83. The predicted molar refractivity (Wildman–Crippen MR) is 57.9 cm³/mol. The molecule has 0 unspecified atom stereocenters. The van der Waals surface area contributed by atoms with Crippen molar-refractivity contribution in [1.82, 2.24) is 0 Å². The standard InChI is InChI=1S/C11H11NO4/c1-7(2)11(15)16-12-9-5-3-4-8(6-9)10(13)14/h3-6,12H,1H2,2H3,(H,13,14). The quantitative estimate of drug-likeness (QED) is 0.599. The molecule has 0 spiro atoms. The van der Waals surface area contributed by atoms with Crippen LogP contribution in [0.4, 0.5) is 5.69 Å². The van der Waals surface area contributed by atoms with E-state index in [9.17, 15) is 9.59 Å². The molecule has 1 rings (SSSR count). The van der Waals surface area contributed by atoms with Gasteiger partial charge in [0.2, 0.25) is 0 Å². The lowest BCUT2D eigenvalue weighted by molar-refractivity contribution is -0.136. The van der Waals surface area contributed by atoms with Gasteiger partial charge in [-0.15, -0.1) is 0 Å². The second-order valence-electron chi connectivity index (χ2n) is 3.16. The summed E-state index contributed by atoms with van der Waals surface area (Å²) in [6.45, 7) is 4.92. The molecule has 0 heterocycles. The molecule has 0 radical (unpaired) electrons. The Hall–Kier alpha value is -2.30. The monoisotopic (exact) mass is 221 g/mol. The Morgan fingerprint density at radius 3 is 2.69 bits per heavy atom. The zero-order chi connectivity index (χ0) is 12.1. The van der Waals surface area contributed by atoms with E-state index in [0.717, 1.165) is 0 Å². The Balaban J connectivity index is 2.68. The first-order valence-corrected chi connectivity index (χ1v) is 4.47. The molecule has 5 heteroatoms. The molecular weight excluding hydrogens is 210 g/mol. The van der Waals surface area contributed by atoms with E-state index < -0.39 is 11.9 Å². The molecule has 0 aliphatic rings. The number of carbonyl (C=O) groups excluding carboxylic acids is 1. The van der Waals surface area contributed by atoms with Crippen molar-refractivity contribution in [3.63, 3.8) is 0 Å². The van der Waals surface area contributed by atoms with Gasteiger partial charge < -0.3 is 9.94 Å². The number of aromatic carboxylic acids is 1. The van der Waals surface area contributed by atoms with Gasteiger partial charge in [-0.25, -0.2) is 15.1 Å². The van der Waals surface area contributed by atoms with Crippen molar-refractivity contribution in [1.29, 1.82) is 0 Å². The zero-order valence-corrected chi connectivity index (χ0v) is 8.69. The van der Waals surface area contributed by atoms with E-state index in [1.54, 1.807) is 12.1 Å². The summed E-state index contributed by atoms with van der Waals surface area (Å²) >= 11 is 0. The van der Waals surface area contributed by atoms with Gasteiger partial charge in [0.1, 0.15) is 0 Å².